The van der Waals surface area contributed by atoms with Crippen LogP contribution in [0.2, 0.25) is 0 Å². The number of aliphatic hydroxyl groups is 1. The third kappa shape index (κ3) is 7.81. The van der Waals surface area contributed by atoms with Crippen LogP contribution in [0.3, 0.4) is 0 Å². The van der Waals surface area contributed by atoms with E-state index in [0.29, 0.717) is 19.0 Å². The predicted octanol–water partition coefficient (Wildman–Crippen LogP) is 3.53. The van der Waals surface area contributed by atoms with Crippen molar-refractivity contribution in [3.8, 4) is 11.6 Å². The Hall–Kier alpha value is -3.74. The van der Waals surface area contributed by atoms with Crippen molar-refractivity contribution >= 4 is 11.8 Å². The van der Waals surface area contributed by atoms with E-state index in [9.17, 15) is 14.7 Å². The van der Waals surface area contributed by atoms with Gasteiger partial charge in [0.1, 0.15) is 24.4 Å². The minimum absolute atomic E-state index is 0.0510. The van der Waals surface area contributed by atoms with Crippen LogP contribution in [-0.2, 0) is 19.1 Å². The quantitative estimate of drug-likeness (QED) is 0.267. The third-order valence-electron chi connectivity index (χ3n) is 7.54. The molecule has 3 heterocycles. The van der Waals surface area contributed by atoms with Gasteiger partial charge in [-0.2, -0.15) is 0 Å². The number of benzene rings is 1. The zero-order chi connectivity index (χ0) is 31.1. The predicted molar refractivity (Wildman–Crippen MR) is 158 cm³/mol. The largest absolute Gasteiger partial charge is 0.470 e. The first-order valence-corrected chi connectivity index (χ1v) is 14.8. The number of likely N-dealkylation sites (tertiary alicyclic amines) is 1. The molecule has 1 aromatic carbocycles. The number of nitrogens with zero attached hydrogens (tertiary/aromatic N) is 4. The molecule has 2 amide bonds. The van der Waals surface area contributed by atoms with E-state index in [0.717, 1.165) is 17.1 Å². The van der Waals surface area contributed by atoms with E-state index in [1.165, 1.54) is 4.90 Å². The standard InChI is InChI=1S/C31H43N5O7/c1-7-40-28(41-8-2)18-42-27-16-26(43-34-27)29(19(3)4)31(39)36-17-24(37)15-25(36)30(38)33-20(5)22-9-11-23(12-10-22)35-14-13-32-21(35)6/h9-14,16,19-20,24-25,28-29,37H,7-8,15,17-18H2,1-6H3,(H,33,38)/t20-,24+,25-,29?/m0/s1. The lowest BCUT2D eigenvalue weighted by Crippen LogP contribution is -2.48. The van der Waals surface area contributed by atoms with Crippen LogP contribution in [0.15, 0.2) is 47.2 Å². The third-order valence-corrected chi connectivity index (χ3v) is 7.54. The number of hydrogen-bond donors (Lipinski definition) is 2. The van der Waals surface area contributed by atoms with Crippen molar-refractivity contribution in [3.63, 3.8) is 0 Å². The maximum atomic E-state index is 13.9. The number of aromatic nitrogens is 3. The topological polar surface area (TPSA) is 141 Å². The van der Waals surface area contributed by atoms with Gasteiger partial charge in [-0.15, -0.1) is 0 Å². The normalized spacial score (nSPS) is 18.3. The van der Waals surface area contributed by atoms with Gasteiger partial charge in [0.15, 0.2) is 12.1 Å². The highest BCUT2D eigenvalue weighted by atomic mass is 16.7. The van der Waals surface area contributed by atoms with Gasteiger partial charge in [-0.25, -0.2) is 4.98 Å². The number of β-amino-alcohol motifs (C(OH)–C–C–N with tert-alkyl or cyclic N) is 1. The van der Waals surface area contributed by atoms with Crippen molar-refractivity contribution in [2.45, 2.75) is 78.4 Å². The molecule has 0 bridgehead atoms. The molecule has 12 nitrogen and oxygen atoms in total. The number of rotatable bonds is 14. The number of aliphatic hydroxyl groups excluding tert-OH is 1. The summed E-state index contributed by atoms with van der Waals surface area (Å²) in [6, 6.07) is 8.29. The summed E-state index contributed by atoms with van der Waals surface area (Å²) in [5, 5.41) is 17.5. The zero-order valence-corrected chi connectivity index (χ0v) is 25.7. The Labute approximate surface area is 252 Å². The number of hydrogen-bond acceptors (Lipinski definition) is 9. The summed E-state index contributed by atoms with van der Waals surface area (Å²) >= 11 is 0. The van der Waals surface area contributed by atoms with Crippen LogP contribution >= 0.6 is 0 Å². The lowest BCUT2D eigenvalue weighted by atomic mass is 9.91. The van der Waals surface area contributed by atoms with Gasteiger partial charge in [-0.3, -0.25) is 9.59 Å². The fourth-order valence-corrected chi connectivity index (χ4v) is 5.34. The molecule has 0 radical (unpaired) electrons. The highest BCUT2D eigenvalue weighted by molar-refractivity contribution is 5.91. The summed E-state index contributed by atoms with van der Waals surface area (Å²) in [5.41, 5.74) is 1.88. The fourth-order valence-electron chi connectivity index (χ4n) is 5.34. The summed E-state index contributed by atoms with van der Waals surface area (Å²) in [5.74, 6) is -0.137. The van der Waals surface area contributed by atoms with Crippen LogP contribution in [0.4, 0.5) is 0 Å². The first-order valence-electron chi connectivity index (χ1n) is 14.8. The average molecular weight is 598 g/mol. The van der Waals surface area contributed by atoms with Gasteiger partial charge in [0.2, 0.25) is 11.8 Å². The fraction of sp³-hybridized carbons (Fsp3) is 0.548. The average Bonchev–Trinajstić information content (AvgIpc) is 3.72. The number of amides is 2. The van der Waals surface area contributed by atoms with Crippen LogP contribution in [0, 0.1) is 12.8 Å². The second-order valence-electron chi connectivity index (χ2n) is 11.0. The number of nitrogens with one attached hydrogen (secondary N) is 1. The van der Waals surface area contributed by atoms with E-state index in [2.05, 4.69) is 15.5 Å². The first-order chi connectivity index (χ1) is 20.6. The Morgan fingerprint density at radius 3 is 2.44 bits per heavy atom. The Kier molecular flexibility index (Phi) is 10.9. The maximum Gasteiger partial charge on any atom is 0.254 e. The summed E-state index contributed by atoms with van der Waals surface area (Å²) < 4.78 is 24.2. The lowest BCUT2D eigenvalue weighted by molar-refractivity contribution is -0.153. The highest BCUT2D eigenvalue weighted by Gasteiger charge is 2.43. The molecule has 1 saturated heterocycles. The lowest BCUT2D eigenvalue weighted by Gasteiger charge is -2.29. The molecule has 4 rings (SSSR count). The van der Waals surface area contributed by atoms with Crippen LogP contribution in [0.5, 0.6) is 5.88 Å². The SMILES string of the molecule is CCOC(COc1cc(C(C(=O)N2C[C@H](O)C[C@H]2C(=O)N[C@@H](C)c2ccc(-n3ccnc3C)cc2)C(C)C)on1)OCC. The molecule has 0 saturated carbocycles. The minimum atomic E-state index is -0.823. The molecule has 3 aromatic rings. The van der Waals surface area contributed by atoms with Crippen molar-refractivity contribution in [1.29, 1.82) is 0 Å². The molecule has 0 aliphatic carbocycles. The molecule has 43 heavy (non-hydrogen) atoms. The van der Waals surface area contributed by atoms with Crippen LogP contribution < -0.4 is 10.1 Å². The van der Waals surface area contributed by atoms with E-state index in [1.54, 1.807) is 12.3 Å². The molecule has 4 atom stereocenters. The monoisotopic (exact) mass is 597 g/mol. The molecule has 12 heteroatoms. The van der Waals surface area contributed by atoms with E-state index in [4.69, 9.17) is 18.7 Å². The number of imidazole rings is 1. The van der Waals surface area contributed by atoms with Crippen molar-refractivity contribution in [2.75, 3.05) is 26.4 Å². The maximum absolute atomic E-state index is 13.9. The molecule has 1 unspecified atom stereocenters. The Morgan fingerprint density at radius 2 is 1.84 bits per heavy atom. The van der Waals surface area contributed by atoms with Gasteiger partial charge in [-0.05, 0) is 56.5 Å². The molecule has 1 aliphatic heterocycles. The molecular formula is C31H43N5O7. The van der Waals surface area contributed by atoms with Crippen LogP contribution in [0.25, 0.3) is 5.69 Å². The van der Waals surface area contributed by atoms with E-state index < -0.39 is 24.4 Å². The summed E-state index contributed by atoms with van der Waals surface area (Å²) in [6.45, 7) is 12.4. The Bertz CT molecular complexity index is 1330. The molecule has 0 spiro atoms. The van der Waals surface area contributed by atoms with Gasteiger partial charge >= 0.3 is 0 Å². The van der Waals surface area contributed by atoms with Crippen LogP contribution in [0.1, 0.15) is 70.1 Å². The summed E-state index contributed by atoms with van der Waals surface area (Å²) in [7, 11) is 0. The number of carbonyl (C=O) groups excluding carboxylic acids is 2. The first kappa shape index (κ1) is 32.2. The summed E-state index contributed by atoms with van der Waals surface area (Å²) in [6.07, 6.45) is 2.42. The summed E-state index contributed by atoms with van der Waals surface area (Å²) in [4.78, 5) is 33.1. The van der Waals surface area contributed by atoms with Gasteiger partial charge in [0.05, 0.1) is 12.1 Å². The van der Waals surface area contributed by atoms with Crippen molar-refractivity contribution in [3.05, 3.63) is 59.9 Å². The van der Waals surface area contributed by atoms with E-state index >= 15 is 0 Å². The smallest absolute Gasteiger partial charge is 0.254 e. The highest BCUT2D eigenvalue weighted by Crippen LogP contribution is 2.32. The Balaban J connectivity index is 1.43. The molecule has 2 aromatic heterocycles. The van der Waals surface area contributed by atoms with Gasteiger partial charge < -0.3 is 38.6 Å². The molecule has 1 aliphatic rings. The van der Waals surface area contributed by atoms with E-state index in [1.807, 2.05) is 76.6 Å². The molecule has 234 valence electrons. The van der Waals surface area contributed by atoms with Crippen molar-refractivity contribution < 1.29 is 33.4 Å². The minimum Gasteiger partial charge on any atom is -0.470 e. The van der Waals surface area contributed by atoms with Crippen molar-refractivity contribution in [2.24, 2.45) is 5.92 Å². The molecule has 2 N–H and O–H groups in total. The second kappa shape index (κ2) is 14.6. The number of ether oxygens (including phenoxy) is 3. The van der Waals surface area contributed by atoms with Gasteiger partial charge in [-0.1, -0.05) is 26.0 Å². The van der Waals surface area contributed by atoms with Crippen LogP contribution in [-0.4, -0.2) is 81.3 Å². The second-order valence-corrected chi connectivity index (χ2v) is 11.0. The number of carbonyl (C=O) groups is 2. The Morgan fingerprint density at radius 1 is 1.14 bits per heavy atom. The number of aryl methyl sites for hydroxylation is 1. The van der Waals surface area contributed by atoms with Gasteiger partial charge in [0.25, 0.3) is 5.88 Å². The zero-order valence-electron chi connectivity index (χ0n) is 25.7. The van der Waals surface area contributed by atoms with E-state index in [-0.39, 0.29) is 49.2 Å². The molecule has 1 fully saturated rings. The van der Waals surface area contributed by atoms with Crippen molar-refractivity contribution in [1.82, 2.24) is 24.9 Å². The molecular weight excluding hydrogens is 554 g/mol. The van der Waals surface area contributed by atoms with Gasteiger partial charge in [0, 0.05) is 50.3 Å².